The van der Waals surface area contributed by atoms with Crippen molar-refractivity contribution in [3.63, 3.8) is 0 Å². The minimum atomic E-state index is 0.740. The zero-order valence-corrected chi connectivity index (χ0v) is 10.1. The molecule has 92 valence electrons. The summed E-state index contributed by atoms with van der Waals surface area (Å²) in [5, 5.41) is 3.69. The smallest absolute Gasteiger partial charge is 0.180 e. The van der Waals surface area contributed by atoms with Crippen LogP contribution in [0.3, 0.4) is 0 Å². The summed E-state index contributed by atoms with van der Waals surface area (Å²) in [6.07, 6.45) is 10.7. The molecular weight excluding hydrogens is 212 g/mol. The van der Waals surface area contributed by atoms with Gasteiger partial charge in [0.05, 0.1) is 12.7 Å². The van der Waals surface area contributed by atoms with Gasteiger partial charge in [-0.05, 0) is 49.4 Å². The van der Waals surface area contributed by atoms with Gasteiger partial charge in [-0.2, -0.15) is 0 Å². The number of hydrogen-bond donors (Lipinski definition) is 1. The van der Waals surface area contributed by atoms with Gasteiger partial charge in [-0.1, -0.05) is 6.42 Å². The van der Waals surface area contributed by atoms with E-state index in [2.05, 4.69) is 10.3 Å². The first kappa shape index (κ1) is 10.1. The minimum absolute atomic E-state index is 0.740. The summed E-state index contributed by atoms with van der Waals surface area (Å²) in [6, 6.07) is 0.740. The highest BCUT2D eigenvalue weighted by molar-refractivity contribution is 5.06. The van der Waals surface area contributed by atoms with Crippen LogP contribution in [0.4, 0.5) is 0 Å². The molecule has 3 heteroatoms. The van der Waals surface area contributed by atoms with Gasteiger partial charge in [-0.25, -0.2) is 4.98 Å². The van der Waals surface area contributed by atoms with Crippen LogP contribution in [0, 0.1) is 23.7 Å². The van der Waals surface area contributed by atoms with Crippen molar-refractivity contribution >= 4 is 0 Å². The molecule has 5 unspecified atom stereocenters. The Morgan fingerprint density at radius 3 is 3.06 bits per heavy atom. The van der Waals surface area contributed by atoms with Crippen LogP contribution in [-0.4, -0.2) is 11.0 Å². The van der Waals surface area contributed by atoms with Gasteiger partial charge in [0, 0.05) is 6.04 Å². The van der Waals surface area contributed by atoms with Gasteiger partial charge in [0.2, 0.25) is 0 Å². The first-order valence-corrected chi connectivity index (χ1v) is 7.02. The van der Waals surface area contributed by atoms with Gasteiger partial charge in [-0.15, -0.1) is 0 Å². The van der Waals surface area contributed by atoms with Crippen LogP contribution in [0.25, 0.3) is 0 Å². The summed E-state index contributed by atoms with van der Waals surface area (Å²) in [6.45, 7) is 0.852. The Morgan fingerprint density at radius 2 is 2.18 bits per heavy atom. The number of aromatic nitrogens is 1. The predicted molar refractivity (Wildman–Crippen MR) is 64.2 cm³/mol. The molecule has 3 aliphatic carbocycles. The van der Waals surface area contributed by atoms with Crippen molar-refractivity contribution in [3.05, 3.63) is 18.4 Å². The Hall–Kier alpha value is -0.830. The molecule has 1 aromatic rings. The van der Waals surface area contributed by atoms with Crippen molar-refractivity contribution in [1.29, 1.82) is 0 Å². The molecule has 3 nitrogen and oxygen atoms in total. The zero-order chi connectivity index (χ0) is 11.2. The molecule has 1 N–H and O–H groups in total. The van der Waals surface area contributed by atoms with Crippen molar-refractivity contribution in [2.45, 2.75) is 44.7 Å². The van der Waals surface area contributed by atoms with Gasteiger partial charge >= 0.3 is 0 Å². The van der Waals surface area contributed by atoms with E-state index in [4.69, 9.17) is 4.42 Å². The molecule has 2 bridgehead atoms. The Balaban J connectivity index is 1.41. The summed E-state index contributed by atoms with van der Waals surface area (Å²) in [4.78, 5) is 3.96. The lowest BCUT2D eigenvalue weighted by atomic mass is 9.79. The summed E-state index contributed by atoms with van der Waals surface area (Å²) in [5.74, 6) is 5.08. The lowest BCUT2D eigenvalue weighted by Crippen LogP contribution is -2.38. The molecule has 3 saturated carbocycles. The number of hydrogen-bond acceptors (Lipinski definition) is 3. The highest BCUT2D eigenvalue weighted by atomic mass is 16.3. The second kappa shape index (κ2) is 3.84. The molecule has 0 amide bonds. The van der Waals surface area contributed by atoms with Crippen LogP contribution in [0.1, 0.15) is 37.9 Å². The van der Waals surface area contributed by atoms with Gasteiger partial charge in [-0.3, -0.25) is 0 Å². The van der Waals surface area contributed by atoms with Crippen LogP contribution >= 0.6 is 0 Å². The van der Waals surface area contributed by atoms with Crippen LogP contribution in [0.15, 0.2) is 17.0 Å². The maximum absolute atomic E-state index is 5.29. The fourth-order valence-corrected chi connectivity index (χ4v) is 4.86. The minimum Gasteiger partial charge on any atom is -0.447 e. The molecule has 5 atom stereocenters. The molecule has 4 rings (SSSR count). The molecule has 3 fully saturated rings. The van der Waals surface area contributed by atoms with E-state index in [0.29, 0.717) is 0 Å². The van der Waals surface area contributed by atoms with E-state index in [1.807, 2.05) is 6.20 Å². The van der Waals surface area contributed by atoms with Crippen molar-refractivity contribution in [1.82, 2.24) is 10.3 Å². The number of nitrogens with one attached hydrogen (secondary N) is 1. The number of fused-ring (bicyclic) bond motifs is 5. The van der Waals surface area contributed by atoms with Crippen LogP contribution in [-0.2, 0) is 6.54 Å². The third kappa shape index (κ3) is 1.55. The van der Waals surface area contributed by atoms with Crippen LogP contribution in [0.2, 0.25) is 0 Å². The Morgan fingerprint density at radius 1 is 1.24 bits per heavy atom. The average Bonchev–Trinajstić information content (AvgIpc) is 3.08. The van der Waals surface area contributed by atoms with Crippen LogP contribution < -0.4 is 5.32 Å². The largest absolute Gasteiger partial charge is 0.447 e. The van der Waals surface area contributed by atoms with Gasteiger partial charge < -0.3 is 9.73 Å². The maximum Gasteiger partial charge on any atom is 0.180 e. The third-order valence-electron chi connectivity index (χ3n) is 5.45. The van der Waals surface area contributed by atoms with Gasteiger partial charge in [0.25, 0.3) is 0 Å². The van der Waals surface area contributed by atoms with Crippen molar-refractivity contribution in [2.75, 3.05) is 0 Å². The Kier molecular flexibility index (Phi) is 2.29. The van der Waals surface area contributed by atoms with E-state index in [1.165, 1.54) is 38.5 Å². The van der Waals surface area contributed by atoms with Gasteiger partial charge in [0.1, 0.15) is 5.76 Å². The normalized spacial score (nSPS) is 43.2. The molecule has 0 saturated heterocycles. The Labute approximate surface area is 102 Å². The summed E-state index contributed by atoms with van der Waals surface area (Å²) in [7, 11) is 0. The number of nitrogens with zero attached hydrogens (tertiary/aromatic N) is 1. The van der Waals surface area contributed by atoms with E-state index in [-0.39, 0.29) is 0 Å². The molecule has 17 heavy (non-hydrogen) atoms. The van der Waals surface area contributed by atoms with Crippen molar-refractivity contribution < 1.29 is 4.42 Å². The lowest BCUT2D eigenvalue weighted by molar-refractivity contribution is 0.205. The zero-order valence-electron chi connectivity index (χ0n) is 10.1. The quantitative estimate of drug-likeness (QED) is 0.870. The topological polar surface area (TPSA) is 38.1 Å². The van der Waals surface area contributed by atoms with E-state index >= 15 is 0 Å². The molecule has 0 radical (unpaired) electrons. The molecule has 1 aromatic heterocycles. The highest BCUT2D eigenvalue weighted by Crippen LogP contribution is 2.58. The van der Waals surface area contributed by atoms with E-state index in [1.54, 1.807) is 0 Å². The fraction of sp³-hybridized carbons (Fsp3) is 0.786. The lowest BCUT2D eigenvalue weighted by Gasteiger charge is -2.32. The Bertz CT molecular complexity index is 389. The van der Waals surface area contributed by atoms with Gasteiger partial charge in [0.15, 0.2) is 6.39 Å². The van der Waals surface area contributed by atoms with E-state index in [9.17, 15) is 0 Å². The first-order valence-electron chi connectivity index (χ1n) is 7.02. The summed E-state index contributed by atoms with van der Waals surface area (Å²) in [5.41, 5.74) is 0. The highest BCUT2D eigenvalue weighted by Gasteiger charge is 2.53. The number of rotatable bonds is 3. The van der Waals surface area contributed by atoms with Crippen molar-refractivity contribution in [3.8, 4) is 0 Å². The molecule has 0 aromatic carbocycles. The fourth-order valence-electron chi connectivity index (χ4n) is 4.86. The average molecular weight is 232 g/mol. The maximum atomic E-state index is 5.29. The van der Waals surface area contributed by atoms with Crippen LogP contribution in [0.5, 0.6) is 0 Å². The summed E-state index contributed by atoms with van der Waals surface area (Å²) >= 11 is 0. The molecule has 0 spiro atoms. The van der Waals surface area contributed by atoms with E-state index in [0.717, 1.165) is 42.0 Å². The summed E-state index contributed by atoms with van der Waals surface area (Å²) < 4.78 is 5.29. The SMILES string of the molecule is c1ncc(CNC2CC3CC2C2CCCC32)o1. The first-order chi connectivity index (χ1) is 8.42. The molecule has 1 heterocycles. The second-order valence-electron chi connectivity index (χ2n) is 6.11. The second-order valence-corrected chi connectivity index (χ2v) is 6.11. The monoisotopic (exact) mass is 232 g/mol. The third-order valence-corrected chi connectivity index (χ3v) is 5.45. The molecule has 3 aliphatic rings. The predicted octanol–water partition coefficient (Wildman–Crippen LogP) is 2.59. The molecular formula is C14H20N2O. The van der Waals surface area contributed by atoms with E-state index < -0.39 is 0 Å². The number of oxazole rings is 1. The van der Waals surface area contributed by atoms with Crippen molar-refractivity contribution in [2.24, 2.45) is 23.7 Å². The standard InChI is InChI=1S/C14H20N2O/c1-2-11-9-4-13(12(11)3-1)14(5-9)16-7-10-6-15-8-17-10/h6,8-9,11-14,16H,1-5,7H2. The molecule has 0 aliphatic heterocycles.